The third-order valence-electron chi connectivity index (χ3n) is 7.88. The molecular formula is C31H34F2N2O2. The van der Waals surface area contributed by atoms with Gasteiger partial charge in [0.15, 0.2) is 0 Å². The molecule has 194 valence electrons. The Morgan fingerprint density at radius 1 is 0.892 bits per heavy atom. The van der Waals surface area contributed by atoms with Crippen LogP contribution in [0.25, 0.3) is 11.1 Å². The Bertz CT molecular complexity index is 1230. The van der Waals surface area contributed by atoms with Gasteiger partial charge >= 0.3 is 6.03 Å². The van der Waals surface area contributed by atoms with Gasteiger partial charge in [-0.3, -0.25) is 4.90 Å². The van der Waals surface area contributed by atoms with Crippen molar-refractivity contribution < 1.29 is 18.3 Å². The van der Waals surface area contributed by atoms with Crippen molar-refractivity contribution in [1.82, 2.24) is 0 Å². The van der Waals surface area contributed by atoms with E-state index in [1.54, 1.807) is 4.90 Å². The molecule has 1 aliphatic carbocycles. The molecule has 0 spiro atoms. The Morgan fingerprint density at radius 2 is 1.57 bits per heavy atom. The molecule has 1 fully saturated rings. The number of fused-ring (bicyclic) bond motifs is 1. The maximum atomic E-state index is 13.6. The second-order valence-electron chi connectivity index (χ2n) is 10.3. The highest BCUT2D eigenvalue weighted by atomic mass is 19.1. The maximum Gasteiger partial charge on any atom is 0.326 e. The summed E-state index contributed by atoms with van der Waals surface area (Å²) >= 11 is 0. The van der Waals surface area contributed by atoms with Gasteiger partial charge in [-0.1, -0.05) is 50.6 Å². The standard InChI is InChI=1S/C31H34F2N2O2/c1-3-20-5-7-21(8-6-20)22-9-11-23(12-10-22)24-13-14-29-30(15-24)37-28(4-2)19-35(29)31(36)34-27-17-25(32)16-26(33)18-27/h9-18,20-21,28H,3-8,19H2,1-2H3,(H,34,36). The summed E-state index contributed by atoms with van der Waals surface area (Å²) in [5.74, 6) is 0.669. The smallest absolute Gasteiger partial charge is 0.326 e. The van der Waals surface area contributed by atoms with E-state index in [1.165, 1.54) is 37.7 Å². The van der Waals surface area contributed by atoms with Crippen LogP contribution in [0.5, 0.6) is 5.75 Å². The molecule has 1 heterocycles. The number of hydrogen-bond acceptors (Lipinski definition) is 2. The molecule has 0 bridgehead atoms. The van der Waals surface area contributed by atoms with Crippen LogP contribution in [0.4, 0.5) is 25.0 Å². The highest BCUT2D eigenvalue weighted by molar-refractivity contribution is 6.03. The van der Waals surface area contributed by atoms with E-state index in [2.05, 4.69) is 36.5 Å². The lowest BCUT2D eigenvalue weighted by Crippen LogP contribution is -2.45. The SMILES string of the molecule is CCC1CCC(c2ccc(-c3ccc4c(c3)OC(CC)CN4C(=O)Nc3cc(F)cc(F)c3)cc2)CC1. The molecular weight excluding hydrogens is 470 g/mol. The first-order valence-corrected chi connectivity index (χ1v) is 13.4. The lowest BCUT2D eigenvalue weighted by molar-refractivity contribution is 0.188. The quantitative estimate of drug-likeness (QED) is 0.378. The number of halogens is 2. The molecule has 5 rings (SSSR count). The first kappa shape index (κ1) is 25.2. The fraction of sp³-hybridized carbons (Fsp3) is 0.387. The van der Waals surface area contributed by atoms with E-state index in [4.69, 9.17) is 4.74 Å². The van der Waals surface area contributed by atoms with Gasteiger partial charge in [0, 0.05) is 11.8 Å². The number of rotatable bonds is 5. The van der Waals surface area contributed by atoms with Gasteiger partial charge in [-0.2, -0.15) is 0 Å². The van der Waals surface area contributed by atoms with Crippen molar-refractivity contribution in [3.8, 4) is 16.9 Å². The third kappa shape index (κ3) is 5.63. The number of hydrogen-bond donors (Lipinski definition) is 1. The van der Waals surface area contributed by atoms with Crippen LogP contribution in [0.1, 0.15) is 63.9 Å². The molecule has 1 unspecified atom stereocenters. The number of carbonyl (C=O) groups is 1. The van der Waals surface area contributed by atoms with Crippen molar-refractivity contribution in [3.63, 3.8) is 0 Å². The number of nitrogens with one attached hydrogen (secondary N) is 1. The lowest BCUT2D eigenvalue weighted by Gasteiger charge is -2.35. The van der Waals surface area contributed by atoms with Gasteiger partial charge in [0.1, 0.15) is 23.5 Å². The molecule has 1 aliphatic heterocycles. The fourth-order valence-corrected chi connectivity index (χ4v) is 5.60. The summed E-state index contributed by atoms with van der Waals surface area (Å²) in [4.78, 5) is 14.7. The zero-order valence-electron chi connectivity index (χ0n) is 21.5. The minimum Gasteiger partial charge on any atom is -0.486 e. The predicted molar refractivity (Wildman–Crippen MR) is 144 cm³/mol. The van der Waals surface area contributed by atoms with Crippen LogP contribution in [0, 0.1) is 17.6 Å². The Morgan fingerprint density at radius 3 is 2.22 bits per heavy atom. The summed E-state index contributed by atoms with van der Waals surface area (Å²) in [7, 11) is 0. The van der Waals surface area contributed by atoms with Gasteiger partial charge in [0.25, 0.3) is 0 Å². The van der Waals surface area contributed by atoms with Crippen LogP contribution in [-0.4, -0.2) is 18.7 Å². The molecule has 37 heavy (non-hydrogen) atoms. The largest absolute Gasteiger partial charge is 0.486 e. The number of benzene rings is 3. The second kappa shape index (κ2) is 10.9. The zero-order chi connectivity index (χ0) is 25.9. The summed E-state index contributed by atoms with van der Waals surface area (Å²) in [6.45, 7) is 4.65. The van der Waals surface area contributed by atoms with E-state index in [0.29, 0.717) is 23.9 Å². The van der Waals surface area contributed by atoms with E-state index in [9.17, 15) is 13.6 Å². The van der Waals surface area contributed by atoms with E-state index in [0.717, 1.165) is 41.7 Å². The van der Waals surface area contributed by atoms with Crippen molar-refractivity contribution in [3.05, 3.63) is 77.9 Å². The van der Waals surface area contributed by atoms with E-state index < -0.39 is 17.7 Å². The third-order valence-corrected chi connectivity index (χ3v) is 7.88. The molecule has 1 saturated carbocycles. The van der Waals surface area contributed by atoms with Gasteiger partial charge in [0.05, 0.1) is 12.2 Å². The molecule has 2 amide bonds. The minimum atomic E-state index is -0.742. The first-order valence-electron chi connectivity index (χ1n) is 13.4. The lowest BCUT2D eigenvalue weighted by atomic mass is 9.77. The van der Waals surface area contributed by atoms with Crippen molar-refractivity contribution in [2.45, 2.75) is 64.4 Å². The van der Waals surface area contributed by atoms with E-state index in [-0.39, 0.29) is 11.8 Å². The number of nitrogens with zero attached hydrogens (tertiary/aromatic N) is 1. The van der Waals surface area contributed by atoms with Crippen molar-refractivity contribution in [2.24, 2.45) is 5.92 Å². The summed E-state index contributed by atoms with van der Waals surface area (Å²) in [5.41, 5.74) is 4.23. The minimum absolute atomic E-state index is 0.0727. The first-order chi connectivity index (χ1) is 17.9. The number of urea groups is 1. The number of carbonyl (C=O) groups excluding carboxylic acids is 1. The average Bonchev–Trinajstić information content (AvgIpc) is 2.91. The molecule has 0 aromatic heterocycles. The van der Waals surface area contributed by atoms with Crippen LogP contribution >= 0.6 is 0 Å². The molecule has 0 radical (unpaired) electrons. The topological polar surface area (TPSA) is 41.6 Å². The Balaban J connectivity index is 1.35. The number of anilines is 2. The summed E-state index contributed by atoms with van der Waals surface area (Å²) in [5, 5.41) is 2.62. The Labute approximate surface area is 217 Å². The number of amides is 2. The van der Waals surface area contributed by atoms with Gasteiger partial charge in [-0.05, 0) is 84.9 Å². The predicted octanol–water partition coefficient (Wildman–Crippen LogP) is 8.53. The van der Waals surface area contributed by atoms with E-state index >= 15 is 0 Å². The molecule has 6 heteroatoms. The van der Waals surface area contributed by atoms with Crippen LogP contribution in [0.2, 0.25) is 0 Å². The second-order valence-corrected chi connectivity index (χ2v) is 10.3. The molecule has 3 aromatic rings. The van der Waals surface area contributed by atoms with E-state index in [1.807, 2.05) is 25.1 Å². The van der Waals surface area contributed by atoms with Crippen molar-refractivity contribution in [1.29, 1.82) is 0 Å². The van der Waals surface area contributed by atoms with Crippen LogP contribution in [-0.2, 0) is 0 Å². The highest BCUT2D eigenvalue weighted by Gasteiger charge is 2.30. The highest BCUT2D eigenvalue weighted by Crippen LogP contribution is 2.40. The van der Waals surface area contributed by atoms with Crippen molar-refractivity contribution >= 4 is 17.4 Å². The fourth-order valence-electron chi connectivity index (χ4n) is 5.60. The van der Waals surface area contributed by atoms with Crippen LogP contribution in [0.15, 0.2) is 60.7 Å². The molecule has 1 N–H and O–H groups in total. The zero-order valence-corrected chi connectivity index (χ0v) is 21.5. The molecule has 0 saturated heterocycles. The Kier molecular flexibility index (Phi) is 7.45. The molecule has 1 atom stereocenters. The summed E-state index contributed by atoms with van der Waals surface area (Å²) in [6, 6.07) is 17.2. The summed E-state index contributed by atoms with van der Waals surface area (Å²) < 4.78 is 33.4. The van der Waals surface area contributed by atoms with Gasteiger partial charge in [-0.15, -0.1) is 0 Å². The average molecular weight is 505 g/mol. The van der Waals surface area contributed by atoms with Crippen molar-refractivity contribution in [2.75, 3.05) is 16.8 Å². The summed E-state index contributed by atoms with van der Waals surface area (Å²) in [6.07, 6.45) is 7.00. The van der Waals surface area contributed by atoms with Gasteiger partial charge in [-0.25, -0.2) is 13.6 Å². The maximum absolute atomic E-state index is 13.6. The molecule has 4 nitrogen and oxygen atoms in total. The molecule has 3 aromatic carbocycles. The van der Waals surface area contributed by atoms with Crippen LogP contribution < -0.4 is 15.0 Å². The van der Waals surface area contributed by atoms with Crippen LogP contribution in [0.3, 0.4) is 0 Å². The monoisotopic (exact) mass is 504 g/mol. The number of ether oxygens (including phenoxy) is 1. The Hall–Kier alpha value is -3.41. The van der Waals surface area contributed by atoms with Gasteiger partial charge < -0.3 is 10.1 Å². The van der Waals surface area contributed by atoms with Gasteiger partial charge in [0.2, 0.25) is 0 Å². The molecule has 2 aliphatic rings. The normalized spacial score (nSPS) is 21.2.